The largest absolute Gasteiger partial charge is 0.459 e. The van der Waals surface area contributed by atoms with Gasteiger partial charge in [0.1, 0.15) is 5.00 Å². The lowest BCUT2D eigenvalue weighted by atomic mass is 9.95. The van der Waals surface area contributed by atoms with Gasteiger partial charge in [-0.3, -0.25) is 4.79 Å². The van der Waals surface area contributed by atoms with Gasteiger partial charge in [0.15, 0.2) is 0 Å². The van der Waals surface area contributed by atoms with Crippen LogP contribution in [0.25, 0.3) is 0 Å². The van der Waals surface area contributed by atoms with E-state index < -0.39 is 0 Å². The Morgan fingerprint density at radius 1 is 1.15 bits per heavy atom. The number of thiophene rings is 1. The molecule has 1 amide bonds. The van der Waals surface area contributed by atoms with Crippen LogP contribution in [0.5, 0.6) is 0 Å². The zero-order valence-corrected chi connectivity index (χ0v) is 16.9. The minimum Gasteiger partial charge on any atom is -0.459 e. The van der Waals surface area contributed by atoms with E-state index in [2.05, 4.69) is 5.32 Å². The van der Waals surface area contributed by atoms with E-state index >= 15 is 0 Å². The number of benzene rings is 1. The fourth-order valence-electron chi connectivity index (χ4n) is 2.96. The fraction of sp³-hybridized carbons (Fsp3) is 0.368. The maximum absolute atomic E-state index is 12.6. The molecule has 7 heteroatoms. The summed E-state index contributed by atoms with van der Waals surface area (Å²) in [7, 11) is 0. The summed E-state index contributed by atoms with van der Waals surface area (Å²) in [6.45, 7) is 3.62. The van der Waals surface area contributed by atoms with Gasteiger partial charge in [0.2, 0.25) is 0 Å². The molecule has 0 atom stereocenters. The van der Waals surface area contributed by atoms with Gasteiger partial charge in [-0.1, -0.05) is 23.2 Å². The van der Waals surface area contributed by atoms with Crippen molar-refractivity contribution in [2.24, 2.45) is 0 Å². The van der Waals surface area contributed by atoms with Crippen LogP contribution in [-0.2, 0) is 17.6 Å². The van der Waals surface area contributed by atoms with Crippen LogP contribution in [0, 0.1) is 0 Å². The molecule has 0 spiro atoms. The SMILES string of the molecule is CC(C)OC(=O)c1c(NC(=O)c2ccc(Cl)c(Cl)c2)sc2c1CCCC2. The van der Waals surface area contributed by atoms with Gasteiger partial charge in [-0.2, -0.15) is 0 Å². The molecule has 1 heterocycles. The maximum Gasteiger partial charge on any atom is 0.341 e. The second-order valence-electron chi connectivity index (χ2n) is 6.45. The van der Waals surface area contributed by atoms with Gasteiger partial charge in [0.25, 0.3) is 5.91 Å². The van der Waals surface area contributed by atoms with Crippen LogP contribution in [0.1, 0.15) is 57.8 Å². The van der Waals surface area contributed by atoms with E-state index in [1.807, 2.05) is 13.8 Å². The third kappa shape index (κ3) is 4.05. The van der Waals surface area contributed by atoms with Crippen molar-refractivity contribution in [1.82, 2.24) is 0 Å². The number of halogens is 2. The molecule has 0 saturated heterocycles. The normalized spacial score (nSPS) is 13.4. The quantitative estimate of drug-likeness (QED) is 0.651. The Hall–Kier alpha value is -1.56. The highest BCUT2D eigenvalue weighted by atomic mass is 35.5. The molecular weight excluding hydrogens is 393 g/mol. The number of rotatable bonds is 4. The van der Waals surface area contributed by atoms with Gasteiger partial charge >= 0.3 is 5.97 Å². The van der Waals surface area contributed by atoms with Gasteiger partial charge in [0, 0.05) is 10.4 Å². The number of carbonyl (C=O) groups excluding carboxylic acids is 2. The van der Waals surface area contributed by atoms with Gasteiger partial charge in [0.05, 0.1) is 21.7 Å². The average Bonchev–Trinajstić information content (AvgIpc) is 2.94. The molecule has 26 heavy (non-hydrogen) atoms. The molecular formula is C19H19Cl2NO3S. The summed E-state index contributed by atoms with van der Waals surface area (Å²) in [5, 5.41) is 4.10. The van der Waals surface area contributed by atoms with Crippen LogP contribution >= 0.6 is 34.5 Å². The number of nitrogens with one attached hydrogen (secondary N) is 1. The smallest absolute Gasteiger partial charge is 0.341 e. The number of hydrogen-bond donors (Lipinski definition) is 1. The van der Waals surface area contributed by atoms with E-state index in [9.17, 15) is 9.59 Å². The third-order valence-corrected chi connectivity index (χ3v) is 6.07. The van der Waals surface area contributed by atoms with Gasteiger partial charge in [-0.15, -0.1) is 11.3 Å². The molecule has 2 aromatic rings. The highest BCUT2D eigenvalue weighted by Gasteiger charge is 2.28. The number of aryl methyl sites for hydroxylation is 1. The molecule has 0 bridgehead atoms. The van der Waals surface area contributed by atoms with Crippen LogP contribution in [0.15, 0.2) is 18.2 Å². The highest BCUT2D eigenvalue weighted by molar-refractivity contribution is 7.17. The standard InChI is InChI=1S/C19H19Cl2NO3S/c1-10(2)25-19(24)16-12-5-3-4-6-15(12)26-18(16)22-17(23)11-7-8-13(20)14(21)9-11/h7-10H,3-6H2,1-2H3,(H,22,23). The first-order valence-corrected chi connectivity index (χ1v) is 10.1. The Morgan fingerprint density at radius 2 is 1.88 bits per heavy atom. The molecule has 4 nitrogen and oxygen atoms in total. The molecule has 0 radical (unpaired) electrons. The second-order valence-corrected chi connectivity index (χ2v) is 8.37. The summed E-state index contributed by atoms with van der Waals surface area (Å²) >= 11 is 13.4. The van der Waals surface area contributed by atoms with Crippen molar-refractivity contribution in [3.63, 3.8) is 0 Å². The van der Waals surface area contributed by atoms with Gasteiger partial charge in [-0.25, -0.2) is 4.79 Å². The lowest BCUT2D eigenvalue weighted by molar-refractivity contribution is 0.0378. The minimum absolute atomic E-state index is 0.222. The lowest BCUT2D eigenvalue weighted by Crippen LogP contribution is -2.17. The maximum atomic E-state index is 12.6. The minimum atomic E-state index is -0.385. The monoisotopic (exact) mass is 411 g/mol. The summed E-state index contributed by atoms with van der Waals surface area (Å²) in [6, 6.07) is 4.69. The van der Waals surface area contributed by atoms with Crippen LogP contribution in [-0.4, -0.2) is 18.0 Å². The van der Waals surface area contributed by atoms with Gasteiger partial charge < -0.3 is 10.1 Å². The molecule has 3 rings (SSSR count). The predicted molar refractivity (Wildman–Crippen MR) is 106 cm³/mol. The zero-order valence-electron chi connectivity index (χ0n) is 14.5. The van der Waals surface area contributed by atoms with Crippen molar-refractivity contribution >= 4 is 51.4 Å². The Balaban J connectivity index is 1.93. The molecule has 1 aliphatic carbocycles. The number of carbonyl (C=O) groups is 2. The van der Waals surface area contributed by atoms with Crippen LogP contribution in [0.3, 0.4) is 0 Å². The molecule has 0 unspecified atom stereocenters. The number of amides is 1. The summed E-state index contributed by atoms with van der Waals surface area (Å²) in [4.78, 5) is 26.4. The number of ether oxygens (including phenoxy) is 1. The Labute approximate surface area is 166 Å². The lowest BCUT2D eigenvalue weighted by Gasteiger charge is -2.14. The summed E-state index contributed by atoms with van der Waals surface area (Å²) in [5.41, 5.74) is 1.89. The number of anilines is 1. The molecule has 0 aliphatic heterocycles. The van der Waals surface area contributed by atoms with Crippen molar-refractivity contribution < 1.29 is 14.3 Å². The van der Waals surface area contributed by atoms with Crippen molar-refractivity contribution in [2.75, 3.05) is 5.32 Å². The molecule has 1 N–H and O–H groups in total. The zero-order chi connectivity index (χ0) is 18.8. The number of hydrogen-bond acceptors (Lipinski definition) is 4. The van der Waals surface area contributed by atoms with E-state index in [0.717, 1.165) is 36.1 Å². The molecule has 1 aromatic carbocycles. The van der Waals surface area contributed by atoms with Crippen molar-refractivity contribution in [2.45, 2.75) is 45.6 Å². The Morgan fingerprint density at radius 3 is 2.58 bits per heavy atom. The Kier molecular flexibility index (Phi) is 5.90. The van der Waals surface area contributed by atoms with Crippen LogP contribution in [0.2, 0.25) is 10.0 Å². The molecule has 1 aliphatic rings. The average molecular weight is 412 g/mol. The van der Waals surface area contributed by atoms with E-state index in [-0.39, 0.29) is 18.0 Å². The van der Waals surface area contributed by atoms with Crippen molar-refractivity contribution in [3.8, 4) is 0 Å². The summed E-state index contributed by atoms with van der Waals surface area (Å²) in [5.74, 6) is -0.718. The fourth-order valence-corrected chi connectivity index (χ4v) is 4.53. The third-order valence-electron chi connectivity index (χ3n) is 4.13. The predicted octanol–water partition coefficient (Wildman–Crippen LogP) is 5.75. The van der Waals surface area contributed by atoms with Crippen molar-refractivity contribution in [1.29, 1.82) is 0 Å². The molecule has 0 fully saturated rings. The topological polar surface area (TPSA) is 55.4 Å². The highest BCUT2D eigenvalue weighted by Crippen LogP contribution is 2.39. The number of fused-ring (bicyclic) bond motifs is 1. The van der Waals surface area contributed by atoms with Crippen LogP contribution in [0.4, 0.5) is 5.00 Å². The van der Waals surface area contributed by atoms with Crippen molar-refractivity contribution in [3.05, 3.63) is 49.8 Å². The molecule has 1 aromatic heterocycles. The Bertz CT molecular complexity index is 861. The first-order valence-electron chi connectivity index (χ1n) is 8.48. The van der Waals surface area contributed by atoms with E-state index in [4.69, 9.17) is 27.9 Å². The number of esters is 1. The van der Waals surface area contributed by atoms with Gasteiger partial charge in [-0.05, 0) is 63.3 Å². The van der Waals surface area contributed by atoms with E-state index in [0.29, 0.717) is 26.2 Å². The molecule has 0 saturated carbocycles. The second kappa shape index (κ2) is 7.99. The summed E-state index contributed by atoms with van der Waals surface area (Å²) < 4.78 is 5.40. The van der Waals surface area contributed by atoms with E-state index in [1.165, 1.54) is 17.4 Å². The molecule has 138 valence electrons. The summed E-state index contributed by atoms with van der Waals surface area (Å²) in [6.07, 6.45) is 3.65. The van der Waals surface area contributed by atoms with Crippen LogP contribution < -0.4 is 5.32 Å². The van der Waals surface area contributed by atoms with E-state index in [1.54, 1.807) is 12.1 Å². The first-order chi connectivity index (χ1) is 12.4. The first kappa shape index (κ1) is 19.2.